The van der Waals surface area contributed by atoms with Crippen LogP contribution >= 0.6 is 0 Å². The molecule has 0 amide bonds. The molecule has 0 spiro atoms. The molecule has 1 heterocycles. The Bertz CT molecular complexity index is 677. The lowest BCUT2D eigenvalue weighted by Crippen LogP contribution is -2.15. The van der Waals surface area contributed by atoms with Crippen molar-refractivity contribution in [3.05, 3.63) is 65.7 Å². The monoisotopic (exact) mass is 352 g/mol. The summed E-state index contributed by atoms with van der Waals surface area (Å²) in [6, 6.07) is 18.6. The van der Waals surface area contributed by atoms with Crippen molar-refractivity contribution in [2.45, 2.75) is 57.5 Å². The zero-order valence-electron chi connectivity index (χ0n) is 15.4. The van der Waals surface area contributed by atoms with Crippen LogP contribution in [0, 0.1) is 0 Å². The van der Waals surface area contributed by atoms with Crippen LogP contribution in [0.1, 0.15) is 49.7 Å². The number of carbonyl (C=O) groups excluding carboxylic acids is 1. The van der Waals surface area contributed by atoms with E-state index in [9.17, 15) is 4.79 Å². The van der Waals surface area contributed by atoms with Gasteiger partial charge in [0.2, 0.25) is 0 Å². The van der Waals surface area contributed by atoms with Gasteiger partial charge in [0.1, 0.15) is 5.75 Å². The Morgan fingerprint density at radius 2 is 1.46 bits per heavy atom. The molecule has 3 heteroatoms. The predicted molar refractivity (Wildman–Crippen MR) is 103 cm³/mol. The fraction of sp³-hybridized carbons (Fsp3) is 0.435. The summed E-state index contributed by atoms with van der Waals surface area (Å²) >= 11 is 0. The molecule has 2 aromatic carbocycles. The number of rotatable bonds is 11. The maximum absolute atomic E-state index is 11.8. The summed E-state index contributed by atoms with van der Waals surface area (Å²) in [7, 11) is 0. The van der Waals surface area contributed by atoms with Crippen molar-refractivity contribution < 1.29 is 14.3 Å². The Balaban J connectivity index is 1.28. The van der Waals surface area contributed by atoms with Crippen LogP contribution in [0.2, 0.25) is 0 Å². The fourth-order valence-electron chi connectivity index (χ4n) is 3.16. The van der Waals surface area contributed by atoms with Crippen molar-refractivity contribution in [2.75, 3.05) is 6.61 Å². The second-order valence-corrected chi connectivity index (χ2v) is 6.96. The van der Waals surface area contributed by atoms with Crippen molar-refractivity contribution in [1.82, 2.24) is 0 Å². The molecule has 1 unspecified atom stereocenters. The van der Waals surface area contributed by atoms with Crippen molar-refractivity contribution in [1.29, 1.82) is 0 Å². The smallest absolute Gasteiger partial charge is 0.343 e. The van der Waals surface area contributed by atoms with Gasteiger partial charge in [-0.15, -0.1) is 0 Å². The van der Waals surface area contributed by atoms with E-state index in [4.69, 9.17) is 9.47 Å². The van der Waals surface area contributed by atoms with Crippen LogP contribution < -0.4 is 4.74 Å². The largest absolute Gasteiger partial charge is 0.424 e. The summed E-state index contributed by atoms with van der Waals surface area (Å²) in [5.41, 5.74) is 2.56. The molecule has 1 atom stereocenters. The summed E-state index contributed by atoms with van der Waals surface area (Å²) in [4.78, 5) is 11.8. The Hall–Kier alpha value is -2.13. The molecule has 26 heavy (non-hydrogen) atoms. The number of benzene rings is 2. The SMILES string of the molecule is O=C(Oc1ccccc1CCCCCCCCc1ccccc1)C1CO1. The lowest BCUT2D eigenvalue weighted by molar-refractivity contribution is -0.135. The van der Waals surface area contributed by atoms with Crippen LogP contribution in [0.15, 0.2) is 54.6 Å². The maximum atomic E-state index is 11.8. The van der Waals surface area contributed by atoms with E-state index in [0.29, 0.717) is 12.4 Å². The van der Waals surface area contributed by atoms with Gasteiger partial charge in [-0.1, -0.05) is 74.2 Å². The number of unbranched alkanes of at least 4 members (excludes halogenated alkanes) is 5. The van der Waals surface area contributed by atoms with Gasteiger partial charge in [-0.3, -0.25) is 0 Å². The molecular weight excluding hydrogens is 324 g/mol. The molecule has 1 fully saturated rings. The van der Waals surface area contributed by atoms with Gasteiger partial charge in [-0.05, 0) is 42.9 Å². The van der Waals surface area contributed by atoms with Gasteiger partial charge < -0.3 is 9.47 Å². The first-order valence-electron chi connectivity index (χ1n) is 9.78. The van der Waals surface area contributed by atoms with Gasteiger partial charge in [0.15, 0.2) is 6.10 Å². The van der Waals surface area contributed by atoms with Crippen LogP contribution in [0.25, 0.3) is 0 Å². The number of epoxide rings is 1. The number of esters is 1. The standard InChI is InChI=1S/C23H28O3/c24-23(22-18-25-22)26-21-17-11-10-16-20(21)15-9-4-2-1-3-6-12-19-13-7-5-8-14-19/h5,7-8,10-11,13-14,16-17,22H,1-4,6,9,12,15,18H2. The minimum Gasteiger partial charge on any atom is -0.424 e. The summed E-state index contributed by atoms with van der Waals surface area (Å²) in [6.45, 7) is 0.491. The zero-order valence-corrected chi connectivity index (χ0v) is 15.4. The van der Waals surface area contributed by atoms with Crippen LogP contribution in [0.5, 0.6) is 5.75 Å². The highest BCUT2D eigenvalue weighted by Gasteiger charge is 2.33. The maximum Gasteiger partial charge on any atom is 0.343 e. The second kappa shape index (κ2) is 10.1. The molecule has 3 rings (SSSR count). The third-order valence-electron chi connectivity index (χ3n) is 4.78. The normalized spacial score (nSPS) is 15.6. The van der Waals surface area contributed by atoms with E-state index >= 15 is 0 Å². The molecule has 138 valence electrons. The highest BCUT2D eigenvalue weighted by atomic mass is 16.6. The first-order chi connectivity index (χ1) is 12.8. The summed E-state index contributed by atoms with van der Waals surface area (Å²) in [6.07, 6.45) is 9.28. The van der Waals surface area contributed by atoms with E-state index in [1.165, 1.54) is 44.1 Å². The van der Waals surface area contributed by atoms with Gasteiger partial charge in [0, 0.05) is 0 Å². The fourth-order valence-corrected chi connectivity index (χ4v) is 3.16. The quantitative estimate of drug-likeness (QED) is 0.244. The third-order valence-corrected chi connectivity index (χ3v) is 4.78. The van der Waals surface area contributed by atoms with E-state index in [1.807, 2.05) is 18.2 Å². The average Bonchev–Trinajstić information content (AvgIpc) is 3.51. The summed E-state index contributed by atoms with van der Waals surface area (Å²) < 4.78 is 10.4. The highest BCUT2D eigenvalue weighted by Crippen LogP contribution is 2.23. The number of ether oxygens (including phenoxy) is 2. The van der Waals surface area contributed by atoms with Crippen LogP contribution in [-0.2, 0) is 22.4 Å². The average molecular weight is 352 g/mol. The van der Waals surface area contributed by atoms with Gasteiger partial charge in [-0.2, -0.15) is 0 Å². The Kier molecular flexibility index (Phi) is 7.26. The van der Waals surface area contributed by atoms with Crippen LogP contribution in [-0.4, -0.2) is 18.7 Å². The molecule has 0 aliphatic carbocycles. The minimum atomic E-state index is -0.348. The number of carbonyl (C=O) groups is 1. The van der Waals surface area contributed by atoms with E-state index in [-0.39, 0.29) is 12.1 Å². The molecule has 0 saturated carbocycles. The lowest BCUT2D eigenvalue weighted by Gasteiger charge is -2.09. The van der Waals surface area contributed by atoms with E-state index in [2.05, 4.69) is 36.4 Å². The Morgan fingerprint density at radius 3 is 2.19 bits per heavy atom. The first-order valence-corrected chi connectivity index (χ1v) is 9.78. The molecule has 0 bridgehead atoms. The molecule has 2 aromatic rings. The number of aryl methyl sites for hydroxylation is 2. The minimum absolute atomic E-state index is 0.268. The van der Waals surface area contributed by atoms with Crippen molar-refractivity contribution in [3.63, 3.8) is 0 Å². The van der Waals surface area contributed by atoms with Crippen LogP contribution in [0.3, 0.4) is 0 Å². The molecule has 3 nitrogen and oxygen atoms in total. The molecular formula is C23H28O3. The number of hydrogen-bond acceptors (Lipinski definition) is 3. The van der Waals surface area contributed by atoms with Gasteiger partial charge in [0.25, 0.3) is 0 Å². The van der Waals surface area contributed by atoms with E-state index < -0.39 is 0 Å². The molecule has 0 radical (unpaired) electrons. The number of hydrogen-bond donors (Lipinski definition) is 0. The lowest BCUT2D eigenvalue weighted by atomic mass is 10.0. The Labute approximate surface area is 156 Å². The Morgan fingerprint density at radius 1 is 0.846 bits per heavy atom. The van der Waals surface area contributed by atoms with E-state index in [1.54, 1.807) is 0 Å². The van der Waals surface area contributed by atoms with Gasteiger partial charge in [-0.25, -0.2) is 4.79 Å². The number of para-hydroxylation sites is 1. The molecule has 0 N–H and O–H groups in total. The summed E-state index contributed by atoms with van der Waals surface area (Å²) in [5, 5.41) is 0. The van der Waals surface area contributed by atoms with Crippen molar-refractivity contribution >= 4 is 5.97 Å². The van der Waals surface area contributed by atoms with Gasteiger partial charge in [0.05, 0.1) is 6.61 Å². The van der Waals surface area contributed by atoms with E-state index in [0.717, 1.165) is 18.4 Å². The molecule has 0 aromatic heterocycles. The summed E-state index contributed by atoms with van der Waals surface area (Å²) in [5.74, 6) is 0.423. The first kappa shape index (κ1) is 18.7. The van der Waals surface area contributed by atoms with Crippen molar-refractivity contribution in [2.24, 2.45) is 0 Å². The second-order valence-electron chi connectivity index (χ2n) is 6.96. The molecule has 1 saturated heterocycles. The van der Waals surface area contributed by atoms with Crippen LogP contribution in [0.4, 0.5) is 0 Å². The molecule has 1 aliphatic heterocycles. The van der Waals surface area contributed by atoms with Gasteiger partial charge >= 0.3 is 5.97 Å². The zero-order chi connectivity index (χ0) is 18.0. The topological polar surface area (TPSA) is 38.8 Å². The van der Waals surface area contributed by atoms with Crippen molar-refractivity contribution in [3.8, 4) is 5.75 Å². The molecule has 1 aliphatic rings. The third kappa shape index (κ3) is 6.30. The highest BCUT2D eigenvalue weighted by molar-refractivity contribution is 5.79. The predicted octanol–water partition coefficient (Wildman–Crippen LogP) is 5.12.